The molecule has 6 nitrogen and oxygen atoms in total. The third-order valence-electron chi connectivity index (χ3n) is 3.52. The van der Waals surface area contributed by atoms with E-state index in [1.807, 2.05) is 0 Å². The van der Waals surface area contributed by atoms with Gasteiger partial charge in [0.15, 0.2) is 9.84 Å². The van der Waals surface area contributed by atoms with Crippen LogP contribution < -0.4 is 5.11 Å². The van der Waals surface area contributed by atoms with E-state index in [0.29, 0.717) is 12.3 Å². The van der Waals surface area contributed by atoms with Crippen LogP contribution in [0.25, 0.3) is 0 Å². The summed E-state index contributed by atoms with van der Waals surface area (Å²) in [6.45, 7) is 0. The average Bonchev–Trinajstić information content (AvgIpc) is 2.92. The average molecular weight is 269 g/mol. The van der Waals surface area contributed by atoms with Gasteiger partial charge in [-0.2, -0.15) is 5.10 Å². The second-order valence-electron chi connectivity index (χ2n) is 5.02. The number of rotatable bonds is 3. The minimum Gasteiger partial charge on any atom is -0.543 e. The summed E-state index contributed by atoms with van der Waals surface area (Å²) >= 11 is 0. The molecule has 1 aliphatic carbocycles. The number of carboxylic acids is 1. The highest BCUT2D eigenvalue weighted by Crippen LogP contribution is 2.42. The minimum atomic E-state index is -3.00. The van der Waals surface area contributed by atoms with E-state index >= 15 is 0 Å². The number of carbonyl (C=O) groups excluding carboxylic acids is 1. The van der Waals surface area contributed by atoms with Crippen molar-refractivity contribution < 1.29 is 18.3 Å². The lowest BCUT2D eigenvalue weighted by atomic mass is 10.2. The molecule has 1 aromatic rings. The molecule has 0 radical (unpaired) electrons. The van der Waals surface area contributed by atoms with Crippen LogP contribution in [0.2, 0.25) is 0 Å². The standard InChI is InChI=1S/C11H14N2O4S/c14-11(15)9-5-10(7-1-2-7)13(12-9)8-3-4-18(16,17)6-8/h5,7-8H,1-4,6H2,(H,14,15)/p-1/t8-/m1/s1. The van der Waals surface area contributed by atoms with Crippen LogP contribution in [0.4, 0.5) is 0 Å². The zero-order valence-electron chi connectivity index (χ0n) is 9.70. The Labute approximate surface area is 105 Å². The van der Waals surface area contributed by atoms with E-state index in [0.717, 1.165) is 18.5 Å². The van der Waals surface area contributed by atoms with Crippen LogP contribution in [0.15, 0.2) is 6.07 Å². The first-order valence-electron chi connectivity index (χ1n) is 5.97. The summed E-state index contributed by atoms with van der Waals surface area (Å²) < 4.78 is 24.6. The molecule has 1 saturated carbocycles. The van der Waals surface area contributed by atoms with Crippen LogP contribution in [0, 0.1) is 0 Å². The summed E-state index contributed by atoms with van der Waals surface area (Å²) in [7, 11) is -3.00. The van der Waals surface area contributed by atoms with Gasteiger partial charge in [0.25, 0.3) is 0 Å². The Balaban J connectivity index is 1.97. The van der Waals surface area contributed by atoms with E-state index in [2.05, 4.69) is 5.10 Å². The second kappa shape index (κ2) is 3.81. The highest BCUT2D eigenvalue weighted by molar-refractivity contribution is 7.91. The van der Waals surface area contributed by atoms with Gasteiger partial charge in [0, 0.05) is 11.6 Å². The molecule has 1 aliphatic heterocycles. The van der Waals surface area contributed by atoms with Crippen molar-refractivity contribution in [3.05, 3.63) is 17.5 Å². The molecule has 2 heterocycles. The van der Waals surface area contributed by atoms with Crippen LogP contribution >= 0.6 is 0 Å². The van der Waals surface area contributed by atoms with E-state index < -0.39 is 15.8 Å². The molecule has 0 amide bonds. The Morgan fingerprint density at radius 3 is 2.61 bits per heavy atom. The number of carboxylic acid groups (broad SMARTS) is 1. The Morgan fingerprint density at radius 2 is 2.11 bits per heavy atom. The molecule has 1 saturated heterocycles. The van der Waals surface area contributed by atoms with Gasteiger partial charge >= 0.3 is 0 Å². The molecule has 2 fully saturated rings. The van der Waals surface area contributed by atoms with Crippen molar-refractivity contribution in [3.63, 3.8) is 0 Å². The number of aromatic nitrogens is 2. The zero-order chi connectivity index (χ0) is 12.9. The molecule has 0 bridgehead atoms. The van der Waals surface area contributed by atoms with Gasteiger partial charge in [-0.25, -0.2) is 8.42 Å². The lowest BCUT2D eigenvalue weighted by molar-refractivity contribution is -0.255. The molecule has 0 N–H and O–H groups in total. The molecular formula is C11H13N2O4S-. The van der Waals surface area contributed by atoms with Crippen molar-refractivity contribution in [2.75, 3.05) is 11.5 Å². The smallest absolute Gasteiger partial charge is 0.152 e. The van der Waals surface area contributed by atoms with Gasteiger partial charge in [-0.15, -0.1) is 0 Å². The molecule has 2 aliphatic rings. The minimum absolute atomic E-state index is 0.0564. The van der Waals surface area contributed by atoms with Crippen molar-refractivity contribution in [3.8, 4) is 0 Å². The third-order valence-corrected chi connectivity index (χ3v) is 5.27. The van der Waals surface area contributed by atoms with Crippen LogP contribution in [-0.2, 0) is 9.84 Å². The lowest BCUT2D eigenvalue weighted by Gasteiger charge is -2.12. The Bertz CT molecular complexity index is 601. The van der Waals surface area contributed by atoms with Gasteiger partial charge in [-0.1, -0.05) is 0 Å². The number of sulfone groups is 1. The highest BCUT2D eigenvalue weighted by Gasteiger charge is 2.35. The predicted molar refractivity (Wildman–Crippen MR) is 60.8 cm³/mol. The van der Waals surface area contributed by atoms with E-state index in [1.165, 1.54) is 6.07 Å². The highest BCUT2D eigenvalue weighted by atomic mass is 32.2. The number of hydrogen-bond acceptors (Lipinski definition) is 5. The lowest BCUT2D eigenvalue weighted by Crippen LogP contribution is -2.23. The van der Waals surface area contributed by atoms with Crippen molar-refractivity contribution in [1.82, 2.24) is 9.78 Å². The van der Waals surface area contributed by atoms with Crippen molar-refractivity contribution in [1.29, 1.82) is 0 Å². The van der Waals surface area contributed by atoms with Crippen LogP contribution in [0.1, 0.15) is 47.4 Å². The van der Waals surface area contributed by atoms with Gasteiger partial charge in [-0.05, 0) is 25.3 Å². The maximum Gasteiger partial charge on any atom is 0.152 e. The quantitative estimate of drug-likeness (QED) is 0.736. The van der Waals surface area contributed by atoms with Gasteiger partial charge in [-0.3, -0.25) is 4.68 Å². The van der Waals surface area contributed by atoms with Gasteiger partial charge in [0.1, 0.15) is 5.69 Å². The van der Waals surface area contributed by atoms with Crippen LogP contribution in [0.3, 0.4) is 0 Å². The molecule has 1 aromatic heterocycles. The second-order valence-corrected chi connectivity index (χ2v) is 7.25. The fraction of sp³-hybridized carbons (Fsp3) is 0.636. The molecule has 98 valence electrons. The van der Waals surface area contributed by atoms with Crippen molar-refractivity contribution >= 4 is 15.8 Å². The van der Waals surface area contributed by atoms with E-state index in [9.17, 15) is 18.3 Å². The molecule has 7 heteroatoms. The zero-order valence-corrected chi connectivity index (χ0v) is 10.5. The number of hydrogen-bond donors (Lipinski definition) is 0. The summed E-state index contributed by atoms with van der Waals surface area (Å²) in [5.74, 6) is -0.770. The summed E-state index contributed by atoms with van der Waals surface area (Å²) in [6, 6.07) is 1.30. The van der Waals surface area contributed by atoms with E-state index in [4.69, 9.17) is 0 Å². The number of aromatic carboxylic acids is 1. The predicted octanol–water partition coefficient (Wildman–Crippen LogP) is -0.516. The molecular weight excluding hydrogens is 256 g/mol. The summed E-state index contributed by atoms with van der Waals surface area (Å²) in [5, 5.41) is 14.9. The van der Waals surface area contributed by atoms with Gasteiger partial charge in [0.2, 0.25) is 0 Å². The third kappa shape index (κ3) is 2.03. The number of nitrogens with zero attached hydrogens (tertiary/aromatic N) is 2. The van der Waals surface area contributed by atoms with E-state index in [1.54, 1.807) is 4.68 Å². The molecule has 3 rings (SSSR count). The topological polar surface area (TPSA) is 92.1 Å². The first-order chi connectivity index (χ1) is 8.46. The largest absolute Gasteiger partial charge is 0.543 e. The molecule has 1 atom stereocenters. The monoisotopic (exact) mass is 269 g/mol. The van der Waals surface area contributed by atoms with E-state index in [-0.39, 0.29) is 23.2 Å². The summed E-state index contributed by atoms with van der Waals surface area (Å²) in [5.41, 5.74) is 0.748. The van der Waals surface area contributed by atoms with Gasteiger partial charge < -0.3 is 9.90 Å². The van der Waals surface area contributed by atoms with Crippen LogP contribution in [0.5, 0.6) is 0 Å². The molecule has 0 aromatic carbocycles. The fourth-order valence-corrected chi connectivity index (χ4v) is 4.15. The SMILES string of the molecule is O=C([O-])c1cc(C2CC2)n([C@@H]2CCS(=O)(=O)C2)n1. The van der Waals surface area contributed by atoms with Crippen molar-refractivity contribution in [2.45, 2.75) is 31.2 Å². The maximum atomic E-state index is 11.5. The Hall–Kier alpha value is -1.37. The van der Waals surface area contributed by atoms with Crippen molar-refractivity contribution in [2.24, 2.45) is 0 Å². The molecule has 18 heavy (non-hydrogen) atoms. The fourth-order valence-electron chi connectivity index (χ4n) is 2.45. The van der Waals surface area contributed by atoms with Crippen LogP contribution in [-0.4, -0.2) is 35.7 Å². The molecule has 0 spiro atoms. The number of carbonyl (C=O) groups is 1. The van der Waals surface area contributed by atoms with Gasteiger partial charge in [0.05, 0.1) is 23.5 Å². The first kappa shape index (κ1) is 11.7. The molecule has 0 unspecified atom stereocenters. The maximum absolute atomic E-state index is 11.5. The summed E-state index contributed by atoms with van der Waals surface area (Å²) in [4.78, 5) is 10.8. The summed E-state index contributed by atoms with van der Waals surface area (Å²) in [6.07, 6.45) is 2.53. The Kier molecular flexibility index (Phi) is 2.48. The Morgan fingerprint density at radius 1 is 1.39 bits per heavy atom. The first-order valence-corrected chi connectivity index (χ1v) is 7.79. The normalized spacial score (nSPS) is 26.3.